The van der Waals surface area contributed by atoms with Crippen molar-refractivity contribution in [1.29, 1.82) is 0 Å². The first-order chi connectivity index (χ1) is 9.66. The Morgan fingerprint density at radius 3 is 2.19 bits per heavy atom. The lowest BCUT2D eigenvalue weighted by atomic mass is 10.2. The zero-order valence-corrected chi connectivity index (χ0v) is 16.3. The minimum absolute atomic E-state index is 0.512. The number of aliphatic imine (C=N–C) groups is 1. The second-order valence-electron chi connectivity index (χ2n) is 7.55. The van der Waals surface area contributed by atoms with Gasteiger partial charge >= 0.3 is 0 Å². The van der Waals surface area contributed by atoms with Crippen LogP contribution in [0, 0.1) is 0 Å². The van der Waals surface area contributed by atoms with E-state index in [2.05, 4.69) is 51.9 Å². The van der Waals surface area contributed by atoms with Crippen LogP contribution >= 0.6 is 0 Å². The van der Waals surface area contributed by atoms with Crippen molar-refractivity contribution in [2.45, 2.75) is 44.6 Å². The van der Waals surface area contributed by atoms with Crippen LogP contribution in [-0.2, 0) is 0 Å². The Hall–Kier alpha value is -1.14. The van der Waals surface area contributed by atoms with Crippen molar-refractivity contribution in [2.24, 2.45) is 4.99 Å². The van der Waals surface area contributed by atoms with E-state index >= 15 is 0 Å². The number of rotatable bonds is 7. The fourth-order valence-electron chi connectivity index (χ4n) is 2.77. The van der Waals surface area contributed by atoms with Crippen molar-refractivity contribution in [1.82, 2.24) is 0 Å². The molecule has 1 aromatic carbocycles. The largest absolute Gasteiger partial charge is 0.489 e. The Balaban J connectivity index is 3.05. The molecule has 0 bridgehead atoms. The number of para-hydroxylation sites is 1. The summed E-state index contributed by atoms with van der Waals surface area (Å²) in [6, 6.07) is 8.07. The third-order valence-electron chi connectivity index (χ3n) is 3.28. The van der Waals surface area contributed by atoms with Gasteiger partial charge in [-0.05, 0) is 12.1 Å². The van der Waals surface area contributed by atoms with E-state index in [4.69, 9.17) is 9.73 Å². The number of hydrogen-bond acceptors (Lipinski definition) is 2. The van der Waals surface area contributed by atoms with Crippen LogP contribution in [0.5, 0.6) is 5.75 Å². The molecule has 0 unspecified atom stereocenters. The molecule has 0 saturated carbocycles. The Kier molecular flexibility index (Phi) is 6.16. The quantitative estimate of drug-likeness (QED) is 0.402. The Morgan fingerprint density at radius 2 is 1.67 bits per heavy atom. The van der Waals surface area contributed by atoms with Gasteiger partial charge in [-0.3, -0.25) is 4.99 Å². The second-order valence-corrected chi connectivity index (χ2v) is 18.7. The summed E-state index contributed by atoms with van der Waals surface area (Å²) in [5, 5.41) is 0.512. The number of hydrogen-bond donors (Lipinski definition) is 0. The minimum Gasteiger partial charge on any atom is -0.489 e. The molecule has 21 heavy (non-hydrogen) atoms. The summed E-state index contributed by atoms with van der Waals surface area (Å²) in [6.07, 6.45) is 3.78. The van der Waals surface area contributed by atoms with Gasteiger partial charge in [0.2, 0.25) is 0 Å². The van der Waals surface area contributed by atoms with Gasteiger partial charge in [-0.15, -0.1) is 0 Å². The average Bonchev–Trinajstić information content (AvgIpc) is 2.34. The molecule has 0 N–H and O–H groups in total. The summed E-state index contributed by atoms with van der Waals surface area (Å²) >= 11 is 0. The topological polar surface area (TPSA) is 21.6 Å². The highest BCUT2D eigenvalue weighted by Crippen LogP contribution is 2.23. The molecule has 0 radical (unpaired) electrons. The average molecular weight is 320 g/mol. The third kappa shape index (κ3) is 5.63. The van der Waals surface area contributed by atoms with Crippen LogP contribution in [0.4, 0.5) is 0 Å². The van der Waals surface area contributed by atoms with Crippen LogP contribution in [-0.4, -0.2) is 34.3 Å². The first-order valence-electron chi connectivity index (χ1n) is 7.52. The van der Waals surface area contributed by atoms with Gasteiger partial charge in [-0.1, -0.05) is 64.1 Å². The van der Waals surface area contributed by atoms with Crippen LogP contribution in [0.1, 0.15) is 5.56 Å². The maximum Gasteiger partial charge on any atom is 0.128 e. The summed E-state index contributed by atoms with van der Waals surface area (Å²) in [5.74, 6) is 0.881. The molecular formula is C17H29NOSi2. The predicted octanol–water partition coefficient (Wildman–Crippen LogP) is 4.79. The second kappa shape index (κ2) is 7.23. The molecule has 1 aromatic rings. The lowest BCUT2D eigenvalue weighted by molar-refractivity contribution is 0.362. The van der Waals surface area contributed by atoms with Crippen LogP contribution in [0.3, 0.4) is 0 Å². The Bertz CT molecular complexity index is 484. The number of nitrogens with zero attached hydrogens (tertiary/aromatic N) is 1. The van der Waals surface area contributed by atoms with E-state index in [0.717, 1.165) is 11.3 Å². The van der Waals surface area contributed by atoms with Gasteiger partial charge in [0.05, 0.1) is 16.1 Å². The number of ether oxygens (including phenoxy) is 1. The van der Waals surface area contributed by atoms with Crippen molar-refractivity contribution in [3.05, 3.63) is 42.5 Å². The van der Waals surface area contributed by atoms with Crippen molar-refractivity contribution in [3.63, 3.8) is 0 Å². The Morgan fingerprint density at radius 1 is 1.10 bits per heavy atom. The van der Waals surface area contributed by atoms with Gasteiger partial charge in [-0.25, -0.2) is 0 Å². The zero-order valence-electron chi connectivity index (χ0n) is 14.3. The zero-order chi connectivity index (χ0) is 16.1. The van der Waals surface area contributed by atoms with Gasteiger partial charge in [0.15, 0.2) is 0 Å². The van der Waals surface area contributed by atoms with Gasteiger partial charge < -0.3 is 4.74 Å². The molecule has 0 spiro atoms. The van der Waals surface area contributed by atoms with E-state index in [0.29, 0.717) is 11.9 Å². The van der Waals surface area contributed by atoms with Crippen molar-refractivity contribution in [2.75, 3.05) is 6.61 Å². The molecule has 0 saturated heterocycles. The highest BCUT2D eigenvalue weighted by atomic mass is 28.4. The molecule has 0 fully saturated rings. The van der Waals surface area contributed by atoms with Gasteiger partial charge in [0.1, 0.15) is 12.4 Å². The molecule has 0 aliphatic heterocycles. The fraction of sp³-hybridized carbons (Fsp3) is 0.471. The van der Waals surface area contributed by atoms with Crippen LogP contribution in [0.25, 0.3) is 0 Å². The summed E-state index contributed by atoms with van der Waals surface area (Å²) in [5.41, 5.74) is 1.06. The molecule has 0 aromatic heterocycles. The molecular weight excluding hydrogens is 290 g/mol. The third-order valence-corrected chi connectivity index (χ3v) is 12.1. The van der Waals surface area contributed by atoms with Gasteiger partial charge in [0.25, 0.3) is 0 Å². The maximum absolute atomic E-state index is 5.70. The molecule has 0 atom stereocenters. The van der Waals surface area contributed by atoms with Gasteiger partial charge in [-0.2, -0.15) is 0 Å². The van der Waals surface area contributed by atoms with E-state index in [1.165, 1.54) is 0 Å². The van der Waals surface area contributed by atoms with E-state index in [9.17, 15) is 0 Å². The lowest BCUT2D eigenvalue weighted by Gasteiger charge is -2.35. The van der Waals surface area contributed by atoms with Crippen LogP contribution in [0.15, 0.2) is 41.9 Å². The summed E-state index contributed by atoms with van der Waals surface area (Å²) in [4.78, 5) is 5.00. The van der Waals surface area contributed by atoms with Crippen molar-refractivity contribution in [3.8, 4) is 5.75 Å². The summed E-state index contributed by atoms with van der Waals surface area (Å²) < 4.78 is 5.70. The van der Waals surface area contributed by atoms with E-state index in [-0.39, 0.29) is 0 Å². The first-order valence-corrected chi connectivity index (χ1v) is 14.7. The number of benzene rings is 1. The monoisotopic (exact) mass is 319 g/mol. The smallest absolute Gasteiger partial charge is 0.128 e. The van der Waals surface area contributed by atoms with Crippen molar-refractivity contribution >= 4 is 22.4 Å². The Labute approximate surface area is 132 Å². The molecule has 2 nitrogen and oxygen atoms in total. The molecule has 4 heteroatoms. The predicted molar refractivity (Wildman–Crippen MR) is 100 cm³/mol. The molecule has 0 amide bonds. The molecule has 0 heterocycles. The standard InChI is InChI=1S/C17H29NOSi2/c1-8-13-19-16-12-10-9-11-15(16)14-18-17(20(2,3)4)21(5,6)7/h8-12,14,17H,1,13H2,2-7H3. The minimum atomic E-state index is -1.31. The van der Waals surface area contributed by atoms with E-state index < -0.39 is 16.1 Å². The summed E-state index contributed by atoms with van der Waals surface area (Å²) in [7, 11) is -2.62. The normalized spacial score (nSPS) is 12.9. The molecule has 0 aliphatic carbocycles. The highest BCUT2D eigenvalue weighted by molar-refractivity contribution is 6.96. The van der Waals surface area contributed by atoms with Crippen LogP contribution < -0.4 is 4.74 Å². The van der Waals surface area contributed by atoms with E-state index in [1.807, 2.05) is 24.4 Å². The SMILES string of the molecule is C=CCOc1ccccc1C=NC([Si](C)(C)C)[Si](C)(C)C. The lowest BCUT2D eigenvalue weighted by Crippen LogP contribution is -2.52. The molecule has 1 rings (SSSR count). The first kappa shape index (κ1) is 17.9. The fourth-order valence-corrected chi connectivity index (χ4v) is 14.2. The summed E-state index contributed by atoms with van der Waals surface area (Å²) in [6.45, 7) is 18.7. The van der Waals surface area contributed by atoms with Crippen molar-refractivity contribution < 1.29 is 4.74 Å². The highest BCUT2D eigenvalue weighted by Gasteiger charge is 2.37. The molecule has 0 aliphatic rings. The molecule has 116 valence electrons. The van der Waals surface area contributed by atoms with Crippen LogP contribution in [0.2, 0.25) is 39.3 Å². The maximum atomic E-state index is 5.70. The van der Waals surface area contributed by atoms with E-state index in [1.54, 1.807) is 6.08 Å². The van der Waals surface area contributed by atoms with Gasteiger partial charge in [0, 0.05) is 17.1 Å².